The lowest BCUT2D eigenvalue weighted by molar-refractivity contribution is -0.394. The molecule has 0 unspecified atom stereocenters. The maximum absolute atomic E-state index is 3.77. The Bertz CT molecular complexity index is 234. The van der Waals surface area contributed by atoms with Gasteiger partial charge in [0.05, 0.1) is 0 Å². The van der Waals surface area contributed by atoms with E-state index in [2.05, 4.69) is 37.9 Å². The van der Waals surface area contributed by atoms with Gasteiger partial charge in [-0.1, -0.05) is 31.5 Å². The molecule has 0 heterocycles. The minimum absolute atomic E-state index is 1.14. The predicted octanol–water partition coefficient (Wildman–Crippen LogP) is 3.00. The van der Waals surface area contributed by atoms with Gasteiger partial charge in [0.2, 0.25) is 5.69 Å². The van der Waals surface area contributed by atoms with Crippen LogP contribution in [-0.4, -0.2) is 18.3 Å². The molecule has 0 aromatic heterocycles. The lowest BCUT2D eigenvalue weighted by Gasteiger charge is -1.93. The summed E-state index contributed by atoms with van der Waals surface area (Å²) in [5.74, 6) is 0. The molecular formula is C11H18N+. The molecule has 0 atom stereocenters. The normalized spacial score (nSPS) is 8.33. The van der Waals surface area contributed by atoms with E-state index < -0.39 is 0 Å². The van der Waals surface area contributed by atoms with Crippen molar-refractivity contribution in [1.82, 2.24) is 0 Å². The Labute approximate surface area is 75.4 Å². The van der Waals surface area contributed by atoms with Crippen molar-refractivity contribution < 1.29 is 4.58 Å². The smallest absolute Gasteiger partial charge is 0.204 e. The summed E-state index contributed by atoms with van der Waals surface area (Å²) >= 11 is 0. The quantitative estimate of drug-likeness (QED) is 0.443. The molecule has 0 bridgehead atoms. The maximum Gasteiger partial charge on any atom is 0.204 e. The second kappa shape index (κ2) is 5.53. The van der Waals surface area contributed by atoms with Crippen molar-refractivity contribution in [3.05, 3.63) is 29.8 Å². The van der Waals surface area contributed by atoms with Gasteiger partial charge in [-0.2, -0.15) is 0 Å². The van der Waals surface area contributed by atoms with E-state index in [1.165, 1.54) is 5.56 Å². The molecule has 1 nitrogen and oxygen atoms in total. The average Bonchev–Trinajstić information content (AvgIpc) is 2.09. The van der Waals surface area contributed by atoms with Crippen molar-refractivity contribution in [2.75, 3.05) is 7.05 Å². The van der Waals surface area contributed by atoms with E-state index in [0.717, 1.165) is 5.69 Å². The molecule has 1 heteroatoms. The third-order valence-electron chi connectivity index (χ3n) is 1.47. The van der Waals surface area contributed by atoms with Gasteiger partial charge in [-0.3, -0.25) is 0 Å². The molecule has 12 heavy (non-hydrogen) atoms. The molecule has 1 aromatic rings. The van der Waals surface area contributed by atoms with E-state index in [0.29, 0.717) is 0 Å². The van der Waals surface area contributed by atoms with Gasteiger partial charge in [0.1, 0.15) is 13.8 Å². The first kappa shape index (κ1) is 10.9. The summed E-state index contributed by atoms with van der Waals surface area (Å²) in [7, 11) is 1.94. The standard InChI is InChI=1S/C9H12N.C2H6/c1-8-4-6-9(7-5-8)10(2)3;1-2/h4-7H,2H2,1,3H3;1-2H3/q+1;. The van der Waals surface area contributed by atoms with Gasteiger partial charge in [-0.15, -0.1) is 0 Å². The number of nitrogens with zero attached hydrogens (tertiary/aromatic N) is 1. The van der Waals surface area contributed by atoms with Crippen LogP contribution in [0.2, 0.25) is 0 Å². The molecule has 0 saturated heterocycles. The Morgan fingerprint density at radius 1 is 1.08 bits per heavy atom. The summed E-state index contributed by atoms with van der Waals surface area (Å²) in [6.45, 7) is 9.85. The molecule has 0 spiro atoms. The van der Waals surface area contributed by atoms with E-state index >= 15 is 0 Å². The van der Waals surface area contributed by atoms with Crippen molar-refractivity contribution >= 4 is 12.4 Å². The summed E-state index contributed by atoms with van der Waals surface area (Å²) in [6.07, 6.45) is 0. The Morgan fingerprint density at radius 2 is 1.50 bits per heavy atom. The van der Waals surface area contributed by atoms with Crippen LogP contribution in [0.1, 0.15) is 19.4 Å². The fourth-order valence-electron chi connectivity index (χ4n) is 0.799. The van der Waals surface area contributed by atoms with Crippen molar-refractivity contribution in [1.29, 1.82) is 0 Å². The van der Waals surface area contributed by atoms with Crippen LogP contribution in [0, 0.1) is 6.92 Å². The van der Waals surface area contributed by atoms with Gasteiger partial charge in [-0.05, 0) is 6.92 Å². The van der Waals surface area contributed by atoms with Gasteiger partial charge in [0.15, 0.2) is 0 Å². The zero-order valence-electron chi connectivity index (χ0n) is 8.46. The van der Waals surface area contributed by atoms with E-state index in [9.17, 15) is 0 Å². The molecule has 0 aliphatic rings. The average molecular weight is 164 g/mol. The summed E-state index contributed by atoms with van der Waals surface area (Å²) in [5, 5.41) is 0. The topological polar surface area (TPSA) is 3.01 Å². The maximum atomic E-state index is 3.77. The van der Waals surface area contributed by atoms with Crippen LogP contribution in [0.4, 0.5) is 5.69 Å². The Balaban J connectivity index is 0.000000561. The molecule has 0 radical (unpaired) electrons. The van der Waals surface area contributed by atoms with Crippen LogP contribution >= 0.6 is 0 Å². The fraction of sp³-hybridized carbons (Fsp3) is 0.364. The summed E-state index contributed by atoms with van der Waals surface area (Å²) in [4.78, 5) is 0. The Morgan fingerprint density at radius 3 is 1.83 bits per heavy atom. The van der Waals surface area contributed by atoms with E-state index in [1.54, 1.807) is 0 Å². The summed E-state index contributed by atoms with van der Waals surface area (Å²) in [6, 6.07) is 8.28. The zero-order chi connectivity index (χ0) is 9.56. The van der Waals surface area contributed by atoms with Crippen molar-refractivity contribution in [3.8, 4) is 0 Å². The Hall–Kier alpha value is -1.11. The van der Waals surface area contributed by atoms with E-state index in [4.69, 9.17) is 0 Å². The van der Waals surface area contributed by atoms with Crippen LogP contribution in [0.15, 0.2) is 24.3 Å². The third kappa shape index (κ3) is 3.33. The van der Waals surface area contributed by atoms with Crippen molar-refractivity contribution in [3.63, 3.8) is 0 Å². The molecule has 1 aromatic carbocycles. The molecule has 0 amide bonds. The van der Waals surface area contributed by atoms with Crippen LogP contribution in [0.25, 0.3) is 0 Å². The zero-order valence-corrected chi connectivity index (χ0v) is 8.46. The van der Waals surface area contributed by atoms with Crippen LogP contribution in [0.3, 0.4) is 0 Å². The molecular weight excluding hydrogens is 146 g/mol. The van der Waals surface area contributed by atoms with Crippen molar-refractivity contribution in [2.45, 2.75) is 20.8 Å². The number of benzene rings is 1. The van der Waals surface area contributed by atoms with Gasteiger partial charge >= 0.3 is 0 Å². The van der Waals surface area contributed by atoms with E-state index in [-0.39, 0.29) is 0 Å². The van der Waals surface area contributed by atoms with Gasteiger partial charge < -0.3 is 0 Å². The highest BCUT2D eigenvalue weighted by atomic mass is 14.9. The Kier molecular flexibility index (Phi) is 5.02. The van der Waals surface area contributed by atoms with Crippen molar-refractivity contribution in [2.24, 2.45) is 0 Å². The van der Waals surface area contributed by atoms with Crippen LogP contribution in [0.5, 0.6) is 0 Å². The third-order valence-corrected chi connectivity index (χ3v) is 1.47. The molecule has 0 N–H and O–H groups in total. The summed E-state index contributed by atoms with van der Waals surface area (Å²) in [5.41, 5.74) is 2.43. The predicted molar refractivity (Wildman–Crippen MR) is 55.5 cm³/mol. The second-order valence-electron chi connectivity index (χ2n) is 2.53. The van der Waals surface area contributed by atoms with Crippen LogP contribution in [-0.2, 0) is 0 Å². The lowest BCUT2D eigenvalue weighted by atomic mass is 10.2. The number of hydrogen-bond acceptors (Lipinski definition) is 0. The first-order chi connectivity index (χ1) is 5.70. The molecule has 0 fully saturated rings. The van der Waals surface area contributed by atoms with Crippen LogP contribution < -0.4 is 0 Å². The molecule has 1 rings (SSSR count). The first-order valence-corrected chi connectivity index (χ1v) is 4.31. The van der Waals surface area contributed by atoms with E-state index in [1.807, 2.05) is 25.5 Å². The van der Waals surface area contributed by atoms with Gasteiger partial charge in [0.25, 0.3) is 0 Å². The monoisotopic (exact) mass is 164 g/mol. The molecule has 0 aliphatic heterocycles. The number of hydrogen-bond donors (Lipinski definition) is 0. The SMILES string of the molecule is C=[N+](C)c1ccc(C)cc1.CC. The summed E-state index contributed by atoms with van der Waals surface area (Å²) < 4.78 is 1.85. The minimum Gasteiger partial charge on any atom is -0.208 e. The lowest BCUT2D eigenvalue weighted by Crippen LogP contribution is -1.91. The first-order valence-electron chi connectivity index (χ1n) is 4.31. The number of rotatable bonds is 1. The molecule has 66 valence electrons. The minimum atomic E-state index is 1.14. The highest BCUT2D eigenvalue weighted by molar-refractivity contribution is 5.35. The van der Waals surface area contributed by atoms with Gasteiger partial charge in [0, 0.05) is 12.1 Å². The van der Waals surface area contributed by atoms with Gasteiger partial charge in [-0.25, -0.2) is 4.58 Å². The largest absolute Gasteiger partial charge is 0.208 e. The number of aryl methyl sites for hydroxylation is 1. The molecule has 0 aliphatic carbocycles. The second-order valence-corrected chi connectivity index (χ2v) is 2.53. The highest BCUT2D eigenvalue weighted by Crippen LogP contribution is 2.09. The molecule has 0 saturated carbocycles. The fourth-order valence-corrected chi connectivity index (χ4v) is 0.799. The highest BCUT2D eigenvalue weighted by Gasteiger charge is 1.96.